The number of aliphatic imine (C=N–C) groups is 1. The SMILES string of the molecule is CCNC(=NCC1(S(C)(=O)=O)CCOCC1)NCC(c1ccccc1)N(CC)CC.I. The Morgan fingerprint density at radius 2 is 1.74 bits per heavy atom. The molecule has 2 N–H and O–H groups in total. The molecule has 1 aromatic carbocycles. The van der Waals surface area contributed by atoms with Crippen LogP contribution in [0.4, 0.5) is 0 Å². The van der Waals surface area contributed by atoms with Gasteiger partial charge in [-0.25, -0.2) is 8.42 Å². The highest BCUT2D eigenvalue weighted by Crippen LogP contribution is 2.29. The first-order valence-corrected chi connectivity index (χ1v) is 12.8. The summed E-state index contributed by atoms with van der Waals surface area (Å²) in [6, 6.07) is 10.7. The number of rotatable bonds is 10. The van der Waals surface area contributed by atoms with E-state index in [0.717, 1.165) is 13.1 Å². The minimum Gasteiger partial charge on any atom is -0.381 e. The molecule has 1 fully saturated rings. The Labute approximate surface area is 205 Å². The molecule has 0 aliphatic carbocycles. The number of benzene rings is 1. The summed E-state index contributed by atoms with van der Waals surface area (Å²) >= 11 is 0. The van der Waals surface area contributed by atoms with Gasteiger partial charge in [-0.3, -0.25) is 9.89 Å². The van der Waals surface area contributed by atoms with Crippen molar-refractivity contribution in [2.24, 2.45) is 4.99 Å². The van der Waals surface area contributed by atoms with Crippen molar-refractivity contribution in [1.82, 2.24) is 15.5 Å². The van der Waals surface area contributed by atoms with Crippen molar-refractivity contribution in [3.8, 4) is 0 Å². The van der Waals surface area contributed by atoms with Crippen LogP contribution in [-0.2, 0) is 14.6 Å². The zero-order valence-corrected chi connectivity index (χ0v) is 22.4. The Kier molecular flexibility index (Phi) is 12.3. The molecule has 31 heavy (non-hydrogen) atoms. The van der Waals surface area contributed by atoms with Crippen molar-refractivity contribution >= 4 is 39.8 Å². The van der Waals surface area contributed by atoms with Gasteiger partial charge in [-0.05, 0) is 38.4 Å². The molecule has 1 unspecified atom stereocenters. The van der Waals surface area contributed by atoms with Crippen LogP contribution in [0.15, 0.2) is 35.3 Å². The second kappa shape index (κ2) is 13.6. The van der Waals surface area contributed by atoms with Gasteiger partial charge in [0.1, 0.15) is 0 Å². The smallest absolute Gasteiger partial charge is 0.191 e. The second-order valence-electron chi connectivity index (χ2n) is 7.79. The third-order valence-electron chi connectivity index (χ3n) is 5.96. The molecule has 7 nitrogen and oxygen atoms in total. The van der Waals surface area contributed by atoms with E-state index >= 15 is 0 Å². The molecule has 9 heteroatoms. The van der Waals surface area contributed by atoms with Gasteiger partial charge in [0, 0.05) is 32.6 Å². The fourth-order valence-corrected chi connectivity index (χ4v) is 5.15. The van der Waals surface area contributed by atoms with Gasteiger partial charge in [-0.15, -0.1) is 24.0 Å². The van der Waals surface area contributed by atoms with Crippen LogP contribution in [0.5, 0.6) is 0 Å². The van der Waals surface area contributed by atoms with E-state index in [-0.39, 0.29) is 36.6 Å². The number of nitrogens with one attached hydrogen (secondary N) is 2. The molecule has 1 atom stereocenters. The standard InChI is InChI=1S/C22H38N4O3S.HI/c1-5-23-21(25-18-22(30(4,27)28)13-15-29-16-14-22)24-17-20(26(6-2)7-3)19-11-9-8-10-12-19;/h8-12,20H,5-7,13-18H2,1-4H3,(H2,23,24,25);1H. The minimum absolute atomic E-state index is 0. The van der Waals surface area contributed by atoms with E-state index in [1.807, 2.05) is 13.0 Å². The lowest BCUT2D eigenvalue weighted by molar-refractivity contribution is 0.0768. The average molecular weight is 567 g/mol. The molecule has 1 heterocycles. The van der Waals surface area contributed by atoms with Gasteiger partial charge < -0.3 is 15.4 Å². The van der Waals surface area contributed by atoms with Gasteiger partial charge in [-0.2, -0.15) is 0 Å². The lowest BCUT2D eigenvalue weighted by Crippen LogP contribution is -2.48. The van der Waals surface area contributed by atoms with Crippen LogP contribution in [-0.4, -0.2) is 76.2 Å². The summed E-state index contributed by atoms with van der Waals surface area (Å²) in [6.45, 7) is 10.8. The molecule has 0 bridgehead atoms. The molecule has 1 aromatic rings. The van der Waals surface area contributed by atoms with Crippen LogP contribution in [0.3, 0.4) is 0 Å². The van der Waals surface area contributed by atoms with Gasteiger partial charge in [0.2, 0.25) is 0 Å². The quantitative estimate of drug-likeness (QED) is 0.258. The number of guanidine groups is 1. The van der Waals surface area contributed by atoms with Crippen LogP contribution in [0.1, 0.15) is 45.2 Å². The maximum absolute atomic E-state index is 12.5. The summed E-state index contributed by atoms with van der Waals surface area (Å²) in [4.78, 5) is 7.10. The predicted octanol–water partition coefficient (Wildman–Crippen LogP) is 2.84. The number of hydrogen-bond donors (Lipinski definition) is 2. The summed E-state index contributed by atoms with van der Waals surface area (Å²) in [6.07, 6.45) is 2.29. The van der Waals surface area contributed by atoms with Crippen LogP contribution in [0.2, 0.25) is 0 Å². The zero-order chi connectivity index (χ0) is 22.0. The Morgan fingerprint density at radius 3 is 2.26 bits per heavy atom. The summed E-state index contributed by atoms with van der Waals surface area (Å²) in [5.41, 5.74) is 1.25. The van der Waals surface area contributed by atoms with E-state index in [4.69, 9.17) is 9.73 Å². The van der Waals surface area contributed by atoms with Crippen LogP contribution in [0, 0.1) is 0 Å². The van der Waals surface area contributed by atoms with Gasteiger partial charge >= 0.3 is 0 Å². The fourth-order valence-electron chi connectivity index (χ4n) is 3.95. The fraction of sp³-hybridized carbons (Fsp3) is 0.682. The van der Waals surface area contributed by atoms with Crippen LogP contribution >= 0.6 is 24.0 Å². The molecule has 0 spiro atoms. The first kappa shape index (κ1) is 28.1. The summed E-state index contributed by atoms with van der Waals surface area (Å²) in [7, 11) is -3.24. The molecular weight excluding hydrogens is 527 g/mol. The summed E-state index contributed by atoms with van der Waals surface area (Å²) < 4.78 is 29.6. The Balaban J connectivity index is 0.00000480. The van der Waals surface area contributed by atoms with Crippen molar-refractivity contribution in [2.45, 2.75) is 44.4 Å². The summed E-state index contributed by atoms with van der Waals surface area (Å²) in [5, 5.41) is 6.71. The highest BCUT2D eigenvalue weighted by molar-refractivity contribution is 14.0. The van der Waals surface area contributed by atoms with Gasteiger partial charge in [0.15, 0.2) is 15.8 Å². The van der Waals surface area contributed by atoms with Crippen molar-refractivity contribution in [3.63, 3.8) is 0 Å². The lowest BCUT2D eigenvalue weighted by atomic mass is 9.99. The number of ether oxygens (including phenoxy) is 1. The number of likely N-dealkylation sites (N-methyl/N-ethyl adjacent to an activating group) is 1. The van der Waals surface area contributed by atoms with E-state index in [1.165, 1.54) is 11.8 Å². The van der Waals surface area contributed by atoms with E-state index in [9.17, 15) is 8.42 Å². The summed E-state index contributed by atoms with van der Waals surface area (Å²) in [5.74, 6) is 0.653. The topological polar surface area (TPSA) is 83.0 Å². The average Bonchev–Trinajstić information content (AvgIpc) is 2.75. The molecule has 1 saturated heterocycles. The van der Waals surface area contributed by atoms with E-state index < -0.39 is 14.6 Å². The molecule has 0 saturated carbocycles. The Hall–Kier alpha value is -0.910. The molecule has 0 aromatic heterocycles. The molecule has 178 valence electrons. The predicted molar refractivity (Wildman–Crippen MR) is 139 cm³/mol. The number of hydrogen-bond acceptors (Lipinski definition) is 5. The van der Waals surface area contributed by atoms with E-state index in [0.29, 0.717) is 45.1 Å². The highest BCUT2D eigenvalue weighted by Gasteiger charge is 2.42. The lowest BCUT2D eigenvalue weighted by Gasteiger charge is -2.34. The molecule has 0 radical (unpaired) electrons. The molecule has 1 aliphatic rings. The van der Waals surface area contributed by atoms with Gasteiger partial charge in [0.05, 0.1) is 17.3 Å². The zero-order valence-electron chi connectivity index (χ0n) is 19.3. The maximum Gasteiger partial charge on any atom is 0.191 e. The first-order valence-electron chi connectivity index (χ1n) is 11.0. The van der Waals surface area contributed by atoms with Gasteiger partial charge in [0.25, 0.3) is 0 Å². The number of sulfone groups is 1. The van der Waals surface area contributed by atoms with Crippen molar-refractivity contribution < 1.29 is 13.2 Å². The van der Waals surface area contributed by atoms with Crippen LogP contribution < -0.4 is 10.6 Å². The van der Waals surface area contributed by atoms with Crippen molar-refractivity contribution in [2.75, 3.05) is 52.2 Å². The van der Waals surface area contributed by atoms with Gasteiger partial charge in [-0.1, -0.05) is 44.2 Å². The first-order chi connectivity index (χ1) is 14.4. The highest BCUT2D eigenvalue weighted by atomic mass is 127. The molecule has 2 rings (SSSR count). The molecular formula is C22H39IN4O3S. The maximum atomic E-state index is 12.5. The van der Waals surface area contributed by atoms with Crippen LogP contribution in [0.25, 0.3) is 0 Å². The normalized spacial score (nSPS) is 17.6. The third-order valence-corrected chi connectivity index (χ3v) is 8.07. The molecule has 0 amide bonds. The monoisotopic (exact) mass is 566 g/mol. The second-order valence-corrected chi connectivity index (χ2v) is 10.2. The van der Waals surface area contributed by atoms with E-state index in [2.05, 4.69) is 53.6 Å². The van der Waals surface area contributed by atoms with Crippen molar-refractivity contribution in [3.05, 3.63) is 35.9 Å². The number of halogens is 1. The number of nitrogens with zero attached hydrogens (tertiary/aromatic N) is 2. The Bertz CT molecular complexity index is 764. The van der Waals surface area contributed by atoms with Crippen molar-refractivity contribution in [1.29, 1.82) is 0 Å². The largest absolute Gasteiger partial charge is 0.381 e. The molecule has 1 aliphatic heterocycles. The van der Waals surface area contributed by atoms with E-state index in [1.54, 1.807) is 0 Å². The Morgan fingerprint density at radius 1 is 1.13 bits per heavy atom. The minimum atomic E-state index is -3.24. The third kappa shape index (κ3) is 7.87.